The number of aryl methyl sites for hydroxylation is 2. The quantitative estimate of drug-likeness (QED) is 0.503. The number of rotatable bonds is 4. The summed E-state index contributed by atoms with van der Waals surface area (Å²) in [4.78, 5) is 7.45. The number of nitrogens with one attached hydrogen (secondary N) is 2. The predicted octanol–water partition coefficient (Wildman–Crippen LogP) is 3.89. The van der Waals surface area contributed by atoms with Gasteiger partial charge in [-0.2, -0.15) is 0 Å². The van der Waals surface area contributed by atoms with Gasteiger partial charge in [-0.1, -0.05) is 6.07 Å². The molecule has 0 bridgehead atoms. The number of nitrogens with two attached hydrogens (primary N) is 1. The molecule has 1 heterocycles. The van der Waals surface area contributed by atoms with Crippen molar-refractivity contribution >= 4 is 22.5 Å². The van der Waals surface area contributed by atoms with E-state index in [9.17, 15) is 4.39 Å². The number of hydrogen-bond acceptors (Lipinski definition) is 1. The van der Waals surface area contributed by atoms with Crippen LogP contribution in [0, 0.1) is 19.7 Å². The molecule has 0 aliphatic heterocycles. The van der Waals surface area contributed by atoms with Crippen LogP contribution in [0.25, 0.3) is 10.9 Å². The second kappa shape index (κ2) is 6.74. The Kier molecular flexibility index (Phi) is 4.51. The number of fused-ring (bicyclic) bond motifs is 1. The number of hydrogen-bond donors (Lipinski definition) is 3. The molecule has 124 valence electrons. The van der Waals surface area contributed by atoms with Gasteiger partial charge in [-0.3, -0.25) is 4.99 Å². The summed E-state index contributed by atoms with van der Waals surface area (Å²) in [5, 5.41) is 4.13. The highest BCUT2D eigenvalue weighted by atomic mass is 19.1. The van der Waals surface area contributed by atoms with Gasteiger partial charge in [0.05, 0.1) is 0 Å². The van der Waals surface area contributed by atoms with Crippen molar-refractivity contribution in [2.75, 3.05) is 11.9 Å². The molecule has 3 rings (SSSR count). The van der Waals surface area contributed by atoms with Gasteiger partial charge in [-0.15, -0.1) is 0 Å². The topological polar surface area (TPSA) is 66.2 Å². The Balaban J connectivity index is 1.63. The lowest BCUT2D eigenvalue weighted by Gasteiger charge is -2.08. The summed E-state index contributed by atoms with van der Waals surface area (Å²) in [7, 11) is 0. The standard InChI is InChI=1S/C19H21FN4/c1-12-3-5-16(9-13(12)2)24-19(21)22-8-7-14-11-23-18-10-15(20)4-6-17(14)18/h3-6,9-11,23H,7-8H2,1-2H3,(H3,21,22,24). The highest BCUT2D eigenvalue weighted by Crippen LogP contribution is 2.19. The number of aromatic nitrogens is 1. The maximum atomic E-state index is 13.2. The number of guanidine groups is 1. The molecule has 0 saturated heterocycles. The molecule has 5 heteroatoms. The van der Waals surface area contributed by atoms with Crippen LogP contribution >= 0.6 is 0 Å². The van der Waals surface area contributed by atoms with Crippen molar-refractivity contribution < 1.29 is 4.39 Å². The first-order chi connectivity index (χ1) is 11.5. The van der Waals surface area contributed by atoms with Crippen molar-refractivity contribution in [3.63, 3.8) is 0 Å². The molecule has 0 unspecified atom stereocenters. The van der Waals surface area contributed by atoms with E-state index in [0.29, 0.717) is 12.5 Å². The minimum atomic E-state index is -0.240. The molecule has 0 aliphatic carbocycles. The zero-order valence-corrected chi connectivity index (χ0v) is 13.9. The fraction of sp³-hybridized carbons (Fsp3) is 0.211. The lowest BCUT2D eigenvalue weighted by molar-refractivity contribution is 0.629. The zero-order chi connectivity index (χ0) is 17.1. The minimum absolute atomic E-state index is 0.240. The smallest absolute Gasteiger partial charge is 0.193 e. The molecule has 4 N–H and O–H groups in total. The summed E-state index contributed by atoms with van der Waals surface area (Å²) in [5.74, 6) is 0.153. The Hall–Kier alpha value is -2.82. The van der Waals surface area contributed by atoms with Crippen LogP contribution in [0.2, 0.25) is 0 Å². The lowest BCUT2D eigenvalue weighted by Crippen LogP contribution is -2.23. The number of aliphatic imine (C=N–C) groups is 1. The molecular formula is C19H21FN4. The SMILES string of the molecule is Cc1ccc(NC(N)=NCCc2c[nH]c3cc(F)ccc23)cc1C. The van der Waals surface area contributed by atoms with Gasteiger partial charge in [-0.25, -0.2) is 4.39 Å². The number of aromatic amines is 1. The largest absolute Gasteiger partial charge is 0.370 e. The van der Waals surface area contributed by atoms with E-state index in [2.05, 4.69) is 35.2 Å². The molecule has 0 amide bonds. The zero-order valence-electron chi connectivity index (χ0n) is 13.9. The van der Waals surface area contributed by atoms with Gasteiger partial charge in [0.15, 0.2) is 5.96 Å². The molecular weight excluding hydrogens is 303 g/mol. The van der Waals surface area contributed by atoms with E-state index in [1.807, 2.05) is 18.3 Å². The Bertz CT molecular complexity index is 896. The van der Waals surface area contributed by atoms with Crippen LogP contribution in [0.4, 0.5) is 10.1 Å². The first-order valence-corrected chi connectivity index (χ1v) is 7.92. The Morgan fingerprint density at radius 2 is 2.00 bits per heavy atom. The lowest BCUT2D eigenvalue weighted by atomic mass is 10.1. The second-order valence-corrected chi connectivity index (χ2v) is 5.94. The van der Waals surface area contributed by atoms with Crippen LogP contribution in [0.5, 0.6) is 0 Å². The van der Waals surface area contributed by atoms with Crippen molar-refractivity contribution in [3.05, 3.63) is 65.1 Å². The number of halogens is 1. The molecule has 0 fully saturated rings. The summed E-state index contributed by atoms with van der Waals surface area (Å²) in [6.45, 7) is 4.70. The van der Waals surface area contributed by atoms with Gasteiger partial charge >= 0.3 is 0 Å². The number of H-pyrrole nitrogens is 1. The fourth-order valence-electron chi connectivity index (χ4n) is 2.67. The van der Waals surface area contributed by atoms with Gasteiger partial charge in [0.2, 0.25) is 0 Å². The Labute approximate surface area is 140 Å². The van der Waals surface area contributed by atoms with E-state index in [0.717, 1.165) is 28.6 Å². The Morgan fingerprint density at radius 1 is 1.17 bits per heavy atom. The maximum absolute atomic E-state index is 13.2. The summed E-state index contributed by atoms with van der Waals surface area (Å²) in [6, 6.07) is 10.8. The van der Waals surface area contributed by atoms with Gasteiger partial charge in [0.1, 0.15) is 5.82 Å². The van der Waals surface area contributed by atoms with E-state index in [-0.39, 0.29) is 5.82 Å². The molecule has 0 atom stereocenters. The monoisotopic (exact) mass is 324 g/mol. The van der Waals surface area contributed by atoms with Crippen LogP contribution < -0.4 is 11.1 Å². The molecule has 0 spiro atoms. The summed E-state index contributed by atoms with van der Waals surface area (Å²) < 4.78 is 13.2. The van der Waals surface area contributed by atoms with Crippen molar-refractivity contribution in [3.8, 4) is 0 Å². The van der Waals surface area contributed by atoms with E-state index in [4.69, 9.17) is 5.73 Å². The molecule has 2 aromatic carbocycles. The molecule has 3 aromatic rings. The van der Waals surface area contributed by atoms with Crippen LogP contribution in [0.1, 0.15) is 16.7 Å². The first-order valence-electron chi connectivity index (χ1n) is 7.92. The predicted molar refractivity (Wildman–Crippen MR) is 98.0 cm³/mol. The summed E-state index contributed by atoms with van der Waals surface area (Å²) >= 11 is 0. The Morgan fingerprint density at radius 3 is 2.79 bits per heavy atom. The van der Waals surface area contributed by atoms with Crippen LogP contribution in [-0.2, 0) is 6.42 Å². The number of benzene rings is 2. The van der Waals surface area contributed by atoms with Crippen LogP contribution in [0.3, 0.4) is 0 Å². The van der Waals surface area contributed by atoms with E-state index < -0.39 is 0 Å². The van der Waals surface area contributed by atoms with Crippen molar-refractivity contribution in [1.82, 2.24) is 4.98 Å². The highest BCUT2D eigenvalue weighted by Gasteiger charge is 2.04. The van der Waals surface area contributed by atoms with Crippen molar-refractivity contribution in [2.24, 2.45) is 10.7 Å². The molecule has 0 radical (unpaired) electrons. The van der Waals surface area contributed by atoms with Crippen molar-refractivity contribution in [2.45, 2.75) is 20.3 Å². The third-order valence-corrected chi connectivity index (χ3v) is 4.17. The summed E-state index contributed by atoms with van der Waals surface area (Å²) in [5.41, 5.74) is 11.2. The van der Waals surface area contributed by atoms with Gasteiger partial charge < -0.3 is 16.0 Å². The molecule has 0 saturated carbocycles. The molecule has 0 aliphatic rings. The van der Waals surface area contributed by atoms with Gasteiger partial charge in [0.25, 0.3) is 0 Å². The normalized spacial score (nSPS) is 11.9. The third kappa shape index (κ3) is 3.56. The fourth-order valence-corrected chi connectivity index (χ4v) is 2.67. The highest BCUT2D eigenvalue weighted by molar-refractivity contribution is 5.92. The summed E-state index contributed by atoms with van der Waals surface area (Å²) in [6.07, 6.45) is 2.63. The van der Waals surface area contributed by atoms with E-state index >= 15 is 0 Å². The number of nitrogens with zero attached hydrogens (tertiary/aromatic N) is 1. The van der Waals surface area contributed by atoms with Gasteiger partial charge in [-0.05, 0) is 67.3 Å². The molecule has 1 aromatic heterocycles. The maximum Gasteiger partial charge on any atom is 0.193 e. The van der Waals surface area contributed by atoms with Crippen LogP contribution in [0.15, 0.2) is 47.6 Å². The number of anilines is 1. The van der Waals surface area contributed by atoms with E-state index in [1.165, 1.54) is 23.3 Å². The average Bonchev–Trinajstić information content (AvgIpc) is 2.93. The van der Waals surface area contributed by atoms with Crippen molar-refractivity contribution in [1.29, 1.82) is 0 Å². The van der Waals surface area contributed by atoms with Gasteiger partial charge in [0, 0.05) is 29.3 Å². The van der Waals surface area contributed by atoms with E-state index in [1.54, 1.807) is 6.07 Å². The molecule has 24 heavy (non-hydrogen) atoms. The third-order valence-electron chi connectivity index (χ3n) is 4.17. The minimum Gasteiger partial charge on any atom is -0.370 e. The van der Waals surface area contributed by atoms with Crippen LogP contribution in [-0.4, -0.2) is 17.5 Å². The second-order valence-electron chi connectivity index (χ2n) is 5.94. The molecule has 4 nitrogen and oxygen atoms in total. The average molecular weight is 324 g/mol. The first kappa shape index (κ1) is 16.1.